The molecule has 0 fully saturated rings. The molecule has 0 spiro atoms. The highest BCUT2D eigenvalue weighted by Crippen LogP contribution is 2.17. The predicted octanol–water partition coefficient (Wildman–Crippen LogP) is 3.64. The number of carbonyl (C=O) groups excluding carboxylic acids is 2. The fraction of sp³-hybridized carbons (Fsp3) is 0.125. The minimum Gasteiger partial charge on any atom is -0.497 e. The molecular formula is C16H12BrFO4. The molecule has 0 aliphatic carbocycles. The molecule has 0 aromatic heterocycles. The van der Waals surface area contributed by atoms with Gasteiger partial charge in [0.15, 0.2) is 12.4 Å². The lowest BCUT2D eigenvalue weighted by Gasteiger charge is -2.07. The number of Topliss-reactive ketones (excluding diaryl/α,β-unsaturated/α-hetero) is 1. The van der Waals surface area contributed by atoms with Crippen molar-refractivity contribution < 1.29 is 23.5 Å². The van der Waals surface area contributed by atoms with E-state index < -0.39 is 18.4 Å². The van der Waals surface area contributed by atoms with E-state index in [-0.39, 0.29) is 11.3 Å². The molecule has 0 radical (unpaired) electrons. The molecule has 2 aromatic rings. The Bertz CT molecular complexity index is 715. The average Bonchev–Trinajstić information content (AvgIpc) is 2.52. The minimum absolute atomic E-state index is 0.247. The molecule has 4 nitrogen and oxygen atoms in total. The summed E-state index contributed by atoms with van der Waals surface area (Å²) in [7, 11) is 1.39. The Morgan fingerprint density at radius 3 is 2.59 bits per heavy atom. The van der Waals surface area contributed by atoms with E-state index >= 15 is 0 Å². The zero-order chi connectivity index (χ0) is 16.1. The minimum atomic E-state index is -0.900. The first kappa shape index (κ1) is 16.2. The summed E-state index contributed by atoms with van der Waals surface area (Å²) in [6.45, 7) is -0.458. The predicted molar refractivity (Wildman–Crippen MR) is 81.7 cm³/mol. The van der Waals surface area contributed by atoms with Gasteiger partial charge in [-0.1, -0.05) is 28.1 Å². The quantitative estimate of drug-likeness (QED) is 0.598. The van der Waals surface area contributed by atoms with Gasteiger partial charge in [-0.2, -0.15) is 0 Å². The standard InChI is InChI=1S/C16H12BrFO4/c1-21-12-5-6-13(14(18)8-12)16(20)22-9-15(19)10-3-2-4-11(17)7-10/h2-8H,9H2,1H3. The summed E-state index contributed by atoms with van der Waals surface area (Å²) in [4.78, 5) is 23.7. The van der Waals surface area contributed by atoms with Crippen molar-refractivity contribution in [3.8, 4) is 5.75 Å². The van der Waals surface area contributed by atoms with E-state index in [1.54, 1.807) is 24.3 Å². The topological polar surface area (TPSA) is 52.6 Å². The lowest BCUT2D eigenvalue weighted by atomic mass is 10.1. The van der Waals surface area contributed by atoms with Gasteiger partial charge in [-0.15, -0.1) is 0 Å². The monoisotopic (exact) mass is 366 g/mol. The number of rotatable bonds is 5. The molecule has 0 heterocycles. The van der Waals surface area contributed by atoms with Gasteiger partial charge in [0.05, 0.1) is 12.7 Å². The van der Waals surface area contributed by atoms with E-state index in [4.69, 9.17) is 9.47 Å². The summed E-state index contributed by atoms with van der Waals surface area (Å²) in [5, 5.41) is 0. The molecule has 0 N–H and O–H groups in total. The molecule has 2 rings (SSSR count). The molecule has 0 unspecified atom stereocenters. The van der Waals surface area contributed by atoms with Gasteiger partial charge in [0.1, 0.15) is 11.6 Å². The average molecular weight is 367 g/mol. The fourth-order valence-corrected chi connectivity index (χ4v) is 2.14. The van der Waals surface area contributed by atoms with Gasteiger partial charge in [0.25, 0.3) is 0 Å². The number of esters is 1. The van der Waals surface area contributed by atoms with Crippen LogP contribution in [0.4, 0.5) is 4.39 Å². The summed E-state index contributed by atoms with van der Waals surface area (Å²) in [5.74, 6) is -1.74. The van der Waals surface area contributed by atoms with Crippen LogP contribution < -0.4 is 4.74 Å². The van der Waals surface area contributed by atoms with Crippen LogP contribution in [0.1, 0.15) is 20.7 Å². The van der Waals surface area contributed by atoms with Gasteiger partial charge in [0.2, 0.25) is 0 Å². The largest absolute Gasteiger partial charge is 0.497 e. The van der Waals surface area contributed by atoms with Crippen LogP contribution in [0.5, 0.6) is 5.75 Å². The van der Waals surface area contributed by atoms with E-state index in [0.717, 1.165) is 10.5 Å². The fourth-order valence-electron chi connectivity index (χ4n) is 1.74. The molecule has 22 heavy (non-hydrogen) atoms. The first-order chi connectivity index (χ1) is 10.5. The van der Waals surface area contributed by atoms with Gasteiger partial charge in [-0.05, 0) is 24.3 Å². The van der Waals surface area contributed by atoms with Crippen LogP contribution in [-0.2, 0) is 4.74 Å². The van der Waals surface area contributed by atoms with Crippen molar-refractivity contribution >= 4 is 27.7 Å². The van der Waals surface area contributed by atoms with Crippen molar-refractivity contribution in [1.82, 2.24) is 0 Å². The van der Waals surface area contributed by atoms with E-state index in [1.165, 1.54) is 19.2 Å². The van der Waals surface area contributed by atoms with Gasteiger partial charge in [-0.3, -0.25) is 4.79 Å². The number of ketones is 1. The van der Waals surface area contributed by atoms with Crippen LogP contribution in [0.3, 0.4) is 0 Å². The molecule has 0 aliphatic heterocycles. The molecule has 0 amide bonds. The molecule has 0 saturated carbocycles. The molecular weight excluding hydrogens is 355 g/mol. The first-order valence-corrected chi connectivity index (χ1v) is 7.10. The molecule has 6 heteroatoms. The van der Waals surface area contributed by atoms with Gasteiger partial charge in [0, 0.05) is 16.1 Å². The molecule has 0 saturated heterocycles. The zero-order valence-electron chi connectivity index (χ0n) is 11.6. The molecule has 0 atom stereocenters. The zero-order valence-corrected chi connectivity index (χ0v) is 13.2. The number of hydrogen-bond donors (Lipinski definition) is 0. The summed E-state index contributed by atoms with van der Waals surface area (Å²) in [6.07, 6.45) is 0. The van der Waals surface area contributed by atoms with E-state index in [9.17, 15) is 14.0 Å². The summed E-state index contributed by atoms with van der Waals surface area (Å²) in [5.41, 5.74) is 0.153. The van der Waals surface area contributed by atoms with Crippen molar-refractivity contribution in [2.75, 3.05) is 13.7 Å². The van der Waals surface area contributed by atoms with Crippen molar-refractivity contribution in [3.63, 3.8) is 0 Å². The first-order valence-electron chi connectivity index (χ1n) is 6.30. The Morgan fingerprint density at radius 2 is 1.95 bits per heavy atom. The van der Waals surface area contributed by atoms with Crippen LogP contribution in [-0.4, -0.2) is 25.5 Å². The van der Waals surface area contributed by atoms with Crippen LogP contribution in [0.2, 0.25) is 0 Å². The molecule has 2 aromatic carbocycles. The van der Waals surface area contributed by atoms with Crippen molar-refractivity contribution in [2.45, 2.75) is 0 Å². The second-order valence-corrected chi connectivity index (χ2v) is 5.27. The lowest BCUT2D eigenvalue weighted by molar-refractivity contribution is 0.0470. The van der Waals surface area contributed by atoms with Crippen LogP contribution >= 0.6 is 15.9 Å². The molecule has 114 valence electrons. The van der Waals surface area contributed by atoms with Gasteiger partial charge in [-0.25, -0.2) is 9.18 Å². The molecule has 0 aliphatic rings. The van der Waals surface area contributed by atoms with E-state index in [0.29, 0.717) is 11.3 Å². The second-order valence-electron chi connectivity index (χ2n) is 4.36. The third-order valence-corrected chi connectivity index (χ3v) is 3.37. The Hall–Kier alpha value is -2.21. The van der Waals surface area contributed by atoms with Crippen molar-refractivity contribution in [3.05, 3.63) is 63.9 Å². The number of hydrogen-bond acceptors (Lipinski definition) is 4. The number of methoxy groups -OCH3 is 1. The van der Waals surface area contributed by atoms with Gasteiger partial charge >= 0.3 is 5.97 Å². The van der Waals surface area contributed by atoms with Crippen molar-refractivity contribution in [1.29, 1.82) is 0 Å². The SMILES string of the molecule is COc1ccc(C(=O)OCC(=O)c2cccc(Br)c2)c(F)c1. The maximum atomic E-state index is 13.7. The Balaban J connectivity index is 2.02. The number of carbonyl (C=O) groups is 2. The highest BCUT2D eigenvalue weighted by molar-refractivity contribution is 9.10. The number of halogens is 2. The third kappa shape index (κ3) is 3.92. The van der Waals surface area contributed by atoms with E-state index in [2.05, 4.69) is 15.9 Å². The van der Waals surface area contributed by atoms with Crippen molar-refractivity contribution in [2.24, 2.45) is 0 Å². The number of ether oxygens (including phenoxy) is 2. The Labute approximate surface area is 135 Å². The van der Waals surface area contributed by atoms with Crippen LogP contribution in [0.25, 0.3) is 0 Å². The Kier molecular flexibility index (Phi) is 5.27. The number of benzene rings is 2. The molecule has 0 bridgehead atoms. The smallest absolute Gasteiger partial charge is 0.341 e. The normalized spacial score (nSPS) is 10.1. The maximum absolute atomic E-state index is 13.7. The maximum Gasteiger partial charge on any atom is 0.341 e. The third-order valence-electron chi connectivity index (χ3n) is 2.88. The van der Waals surface area contributed by atoms with Gasteiger partial charge < -0.3 is 9.47 Å². The van der Waals surface area contributed by atoms with E-state index in [1.807, 2.05) is 0 Å². The highest BCUT2D eigenvalue weighted by atomic mass is 79.9. The second kappa shape index (κ2) is 7.17. The van der Waals surface area contributed by atoms with Crippen LogP contribution in [0.15, 0.2) is 46.9 Å². The lowest BCUT2D eigenvalue weighted by Crippen LogP contribution is -2.15. The summed E-state index contributed by atoms with van der Waals surface area (Å²) >= 11 is 3.25. The summed E-state index contributed by atoms with van der Waals surface area (Å²) in [6, 6.07) is 10.5. The Morgan fingerprint density at radius 1 is 1.18 bits per heavy atom. The summed E-state index contributed by atoms with van der Waals surface area (Å²) < 4.78 is 24.2. The highest BCUT2D eigenvalue weighted by Gasteiger charge is 2.16. The van der Waals surface area contributed by atoms with Crippen LogP contribution in [0, 0.1) is 5.82 Å².